The van der Waals surface area contributed by atoms with Crippen LogP contribution in [0.1, 0.15) is 0 Å². The number of nitrogens with zero attached hydrogens (tertiary/aromatic N) is 1. The van der Waals surface area contributed by atoms with E-state index in [1.807, 2.05) is 0 Å². The van der Waals surface area contributed by atoms with Gasteiger partial charge in [-0.2, -0.15) is 0 Å². The fourth-order valence-electron chi connectivity index (χ4n) is 1.45. The first-order valence-corrected chi connectivity index (χ1v) is 5.37. The Morgan fingerprint density at radius 3 is 3.17 bits per heavy atom. The number of ether oxygens (including phenoxy) is 2. The number of fused-ring (bicyclic) bond motifs is 2. The molecule has 62 valence electrons. The number of hydrogen-bond acceptors (Lipinski definition) is 4. The van der Waals surface area contributed by atoms with Gasteiger partial charge in [0.2, 0.25) is 0 Å². The van der Waals surface area contributed by atoms with Crippen molar-refractivity contribution in [1.82, 2.24) is 9.20 Å². The van der Waals surface area contributed by atoms with Crippen LogP contribution in [-0.2, 0) is 9.47 Å². The molecule has 3 aliphatic heterocycles. The molecule has 0 aliphatic carbocycles. The van der Waals surface area contributed by atoms with Crippen molar-refractivity contribution in [2.24, 2.45) is 0 Å². The normalized spacial score (nSPS) is 48.2. The van der Waals surface area contributed by atoms with Crippen molar-refractivity contribution in [3.63, 3.8) is 0 Å². The Labute approximate surface area is 76.6 Å². The molecule has 5 heteroatoms. The Bertz CT molecular complexity index is 258. The van der Waals surface area contributed by atoms with E-state index in [0.717, 1.165) is 0 Å². The first-order chi connectivity index (χ1) is 5.88. The van der Waals surface area contributed by atoms with Crippen molar-refractivity contribution in [2.45, 2.75) is 24.8 Å². The maximum atomic E-state index is 5.40. The molecule has 3 rings (SSSR count). The summed E-state index contributed by atoms with van der Waals surface area (Å²) in [4.78, 5) is 0. The van der Waals surface area contributed by atoms with Crippen molar-refractivity contribution in [3.8, 4) is 0 Å². The van der Waals surface area contributed by atoms with Gasteiger partial charge in [-0.25, -0.2) is 0 Å². The molecule has 4 nitrogen and oxygen atoms in total. The van der Waals surface area contributed by atoms with Crippen LogP contribution in [-0.4, -0.2) is 49.1 Å². The van der Waals surface area contributed by atoms with Gasteiger partial charge in [0.05, 0.1) is 0 Å². The van der Waals surface area contributed by atoms with Crippen LogP contribution >= 0.6 is 0 Å². The van der Waals surface area contributed by atoms with Gasteiger partial charge < -0.3 is 0 Å². The van der Waals surface area contributed by atoms with Gasteiger partial charge in [-0.3, -0.25) is 0 Å². The zero-order valence-corrected chi connectivity index (χ0v) is 7.67. The molecule has 12 heavy (non-hydrogen) atoms. The monoisotopic (exact) mass is 180 g/mol. The van der Waals surface area contributed by atoms with Crippen LogP contribution in [0.5, 0.6) is 0 Å². The van der Waals surface area contributed by atoms with Gasteiger partial charge >= 0.3 is 76.1 Å². The van der Waals surface area contributed by atoms with Gasteiger partial charge in [-0.05, 0) is 0 Å². The topological polar surface area (TPSA) is 40.3 Å². The Balaban J connectivity index is 1.82. The van der Waals surface area contributed by atoms with E-state index in [2.05, 4.69) is 26.9 Å². The fourth-order valence-corrected chi connectivity index (χ4v) is 2.11. The van der Waals surface area contributed by atoms with E-state index in [0.29, 0.717) is 0 Å². The predicted molar refractivity (Wildman–Crippen MR) is 44.3 cm³/mol. The molecule has 0 bridgehead atoms. The predicted octanol–water partition coefficient (Wildman–Crippen LogP) is -1.14. The van der Waals surface area contributed by atoms with Gasteiger partial charge in [-0.1, -0.05) is 0 Å². The van der Waals surface area contributed by atoms with Crippen molar-refractivity contribution in [1.29, 1.82) is 0 Å². The van der Waals surface area contributed by atoms with Crippen molar-refractivity contribution < 1.29 is 9.47 Å². The molecule has 0 aromatic carbocycles. The standard InChI is InChI=1S/C6H7N2O2.CH2.Al/c1-2-7-5-6(10-5)8-4-3(1)9-4;;/h1-6,8H;1H2;/q-1;;+1. The second kappa shape index (κ2) is 2.41. The zero-order valence-electron chi connectivity index (χ0n) is 6.51. The Morgan fingerprint density at radius 1 is 1.42 bits per heavy atom. The molecular formula is C7H9AlN2O2. The first kappa shape index (κ1) is 7.25. The molecule has 0 amide bonds. The van der Waals surface area contributed by atoms with Crippen molar-refractivity contribution >= 4 is 20.4 Å². The van der Waals surface area contributed by atoms with Crippen LogP contribution in [0.25, 0.3) is 0 Å². The summed E-state index contributed by atoms with van der Waals surface area (Å²) in [6.07, 6.45) is 4.94. The second-order valence-electron chi connectivity index (χ2n) is 3.11. The van der Waals surface area contributed by atoms with E-state index in [1.54, 1.807) is 0 Å². The molecule has 0 radical (unpaired) electrons. The Hall–Kier alpha value is -0.178. The van der Waals surface area contributed by atoms with Crippen LogP contribution in [0.2, 0.25) is 0 Å². The molecular weight excluding hydrogens is 171 g/mol. The second-order valence-corrected chi connectivity index (χ2v) is 4.07. The summed E-state index contributed by atoms with van der Waals surface area (Å²) in [7, 11) is 0. The minimum absolute atomic E-state index is 0.0511. The molecule has 2 saturated heterocycles. The van der Waals surface area contributed by atoms with E-state index in [4.69, 9.17) is 9.47 Å². The van der Waals surface area contributed by atoms with E-state index < -0.39 is 0 Å². The summed E-state index contributed by atoms with van der Waals surface area (Å²) < 4.78 is 12.9. The molecule has 0 saturated carbocycles. The summed E-state index contributed by atoms with van der Waals surface area (Å²) in [6.45, 7) is 0. The van der Waals surface area contributed by atoms with Gasteiger partial charge in [0.15, 0.2) is 0 Å². The molecule has 0 aromatic heterocycles. The summed E-state index contributed by atoms with van der Waals surface area (Å²) in [5.41, 5.74) is 0. The first-order valence-electron chi connectivity index (χ1n) is 4.04. The van der Waals surface area contributed by atoms with Gasteiger partial charge in [-0.15, -0.1) is 0 Å². The van der Waals surface area contributed by atoms with Crippen molar-refractivity contribution in [2.75, 3.05) is 0 Å². The van der Waals surface area contributed by atoms with Gasteiger partial charge in [0.25, 0.3) is 0 Å². The number of rotatable bonds is 1. The van der Waals surface area contributed by atoms with Crippen LogP contribution in [0.3, 0.4) is 0 Å². The fraction of sp³-hybridized carbons (Fsp3) is 0.571. The average Bonchev–Trinajstić information content (AvgIpc) is 2.93. The summed E-state index contributed by atoms with van der Waals surface area (Å²) >= 11 is 0.0511. The quantitative estimate of drug-likeness (QED) is 0.409. The van der Waals surface area contributed by atoms with Crippen LogP contribution in [0.15, 0.2) is 12.3 Å². The number of hydrogen-bond donors (Lipinski definition) is 1. The maximum absolute atomic E-state index is 5.40. The van der Waals surface area contributed by atoms with E-state index in [1.165, 1.54) is 0 Å². The summed E-state index contributed by atoms with van der Waals surface area (Å²) in [5.74, 6) is 0. The molecule has 3 aliphatic rings. The number of nitrogens with one attached hydrogen (secondary N) is 1. The SMILES string of the molecule is [CH2]=[Al][N]1C=CC2OC2NC2OC21. The minimum atomic E-state index is 0.0511. The molecule has 1 N–H and O–H groups in total. The molecule has 2 fully saturated rings. The third-order valence-corrected chi connectivity index (χ3v) is 3.16. The van der Waals surface area contributed by atoms with Gasteiger partial charge in [0, 0.05) is 0 Å². The Kier molecular flexibility index (Phi) is 1.45. The van der Waals surface area contributed by atoms with Crippen LogP contribution in [0.4, 0.5) is 0 Å². The third kappa shape index (κ3) is 1.06. The molecule has 3 heterocycles. The van der Waals surface area contributed by atoms with Crippen molar-refractivity contribution in [3.05, 3.63) is 12.3 Å². The summed E-state index contributed by atoms with van der Waals surface area (Å²) in [6, 6.07) is 0. The molecule has 0 spiro atoms. The average molecular weight is 180 g/mol. The molecule has 4 atom stereocenters. The van der Waals surface area contributed by atoms with Gasteiger partial charge in [0.1, 0.15) is 0 Å². The van der Waals surface area contributed by atoms with E-state index >= 15 is 0 Å². The molecule has 0 aromatic rings. The van der Waals surface area contributed by atoms with E-state index in [9.17, 15) is 0 Å². The van der Waals surface area contributed by atoms with E-state index in [-0.39, 0.29) is 39.8 Å². The van der Waals surface area contributed by atoms with Crippen LogP contribution < -0.4 is 5.32 Å². The zero-order chi connectivity index (χ0) is 8.13. The summed E-state index contributed by atoms with van der Waals surface area (Å²) in [5, 5.41) is 7.15. The van der Waals surface area contributed by atoms with Crippen LogP contribution in [0, 0.1) is 0 Å². The third-order valence-electron chi connectivity index (χ3n) is 2.28. The molecule has 4 unspecified atom stereocenters. The Morgan fingerprint density at radius 2 is 2.33 bits per heavy atom. The number of epoxide rings is 2.